The Balaban J connectivity index is 2.19. The van der Waals surface area contributed by atoms with Gasteiger partial charge in [-0.05, 0) is 19.8 Å². The van der Waals surface area contributed by atoms with Gasteiger partial charge in [0.1, 0.15) is 12.6 Å². The summed E-state index contributed by atoms with van der Waals surface area (Å²) in [5.74, 6) is -1.20. The highest BCUT2D eigenvalue weighted by Crippen LogP contribution is 2.32. The van der Waals surface area contributed by atoms with Gasteiger partial charge in [-0.3, -0.25) is 9.69 Å². The van der Waals surface area contributed by atoms with Crippen molar-refractivity contribution in [3.05, 3.63) is 0 Å². The Bertz CT molecular complexity index is 439. The Kier molecular flexibility index (Phi) is 4.97. The largest absolute Gasteiger partial charge is 0.480 e. The van der Waals surface area contributed by atoms with Crippen molar-refractivity contribution in [1.29, 1.82) is 0 Å². The van der Waals surface area contributed by atoms with Crippen molar-refractivity contribution < 1.29 is 19.5 Å². The molecule has 0 aromatic carbocycles. The SMILES string of the molecule is CC1SCC(C(=O)O)N1C(=O)N(CC(N)=O)C1CCCC1. The number of carbonyl (C=O) groups is 3. The number of aliphatic carboxylic acids is 1. The number of urea groups is 1. The highest BCUT2D eigenvalue weighted by atomic mass is 32.2. The third-order valence-corrected chi connectivity index (χ3v) is 5.28. The predicted molar refractivity (Wildman–Crippen MR) is 78.7 cm³/mol. The minimum absolute atomic E-state index is 0.0164. The fourth-order valence-electron chi connectivity index (χ4n) is 3.01. The molecule has 0 aromatic heterocycles. The summed E-state index contributed by atoms with van der Waals surface area (Å²) in [5, 5.41) is 9.05. The van der Waals surface area contributed by atoms with Gasteiger partial charge >= 0.3 is 12.0 Å². The normalized spacial score (nSPS) is 26.0. The van der Waals surface area contributed by atoms with E-state index in [-0.39, 0.29) is 24.0 Å². The van der Waals surface area contributed by atoms with Crippen LogP contribution in [0.2, 0.25) is 0 Å². The van der Waals surface area contributed by atoms with Crippen LogP contribution in [0.3, 0.4) is 0 Å². The standard InChI is InChI=1S/C13H21N3O4S/c1-8-16(10(7-21-8)12(18)19)13(20)15(6-11(14)17)9-4-2-3-5-9/h8-10H,2-7H2,1H3,(H2,14,17)(H,18,19). The number of primary amides is 1. The zero-order valence-corrected chi connectivity index (χ0v) is 12.8. The summed E-state index contributed by atoms with van der Waals surface area (Å²) in [4.78, 5) is 38.2. The first-order valence-corrected chi connectivity index (χ1v) is 8.18. The van der Waals surface area contributed by atoms with E-state index in [4.69, 9.17) is 5.73 Å². The van der Waals surface area contributed by atoms with Gasteiger partial charge < -0.3 is 15.7 Å². The quantitative estimate of drug-likeness (QED) is 0.794. The van der Waals surface area contributed by atoms with Crippen molar-refractivity contribution in [1.82, 2.24) is 9.80 Å². The molecule has 2 rings (SSSR count). The molecule has 2 fully saturated rings. The fraction of sp³-hybridized carbons (Fsp3) is 0.769. The van der Waals surface area contributed by atoms with Crippen LogP contribution in [0.5, 0.6) is 0 Å². The van der Waals surface area contributed by atoms with E-state index in [0.29, 0.717) is 5.75 Å². The Morgan fingerprint density at radius 2 is 1.95 bits per heavy atom. The van der Waals surface area contributed by atoms with E-state index in [9.17, 15) is 19.5 Å². The van der Waals surface area contributed by atoms with Crippen molar-refractivity contribution in [2.45, 2.75) is 50.1 Å². The van der Waals surface area contributed by atoms with Crippen molar-refractivity contribution in [2.24, 2.45) is 5.73 Å². The van der Waals surface area contributed by atoms with Crippen molar-refractivity contribution in [3.63, 3.8) is 0 Å². The van der Waals surface area contributed by atoms with Crippen LogP contribution in [0.1, 0.15) is 32.6 Å². The summed E-state index contributed by atoms with van der Waals surface area (Å²) < 4.78 is 0. The molecule has 1 aliphatic heterocycles. The Morgan fingerprint density at radius 3 is 2.48 bits per heavy atom. The minimum Gasteiger partial charge on any atom is -0.480 e. The first kappa shape index (κ1) is 15.9. The average Bonchev–Trinajstić information content (AvgIpc) is 3.03. The molecule has 21 heavy (non-hydrogen) atoms. The monoisotopic (exact) mass is 315 g/mol. The Labute approximate surface area is 127 Å². The van der Waals surface area contributed by atoms with Crippen LogP contribution >= 0.6 is 11.8 Å². The Morgan fingerprint density at radius 1 is 1.33 bits per heavy atom. The van der Waals surface area contributed by atoms with Crippen LogP contribution in [0.25, 0.3) is 0 Å². The highest BCUT2D eigenvalue weighted by Gasteiger charge is 2.43. The van der Waals surface area contributed by atoms with Crippen LogP contribution in [-0.2, 0) is 9.59 Å². The van der Waals surface area contributed by atoms with Gasteiger partial charge in [-0.2, -0.15) is 0 Å². The van der Waals surface area contributed by atoms with Gasteiger partial charge in [0, 0.05) is 11.8 Å². The lowest BCUT2D eigenvalue weighted by Crippen LogP contribution is -2.55. The maximum Gasteiger partial charge on any atom is 0.327 e. The molecule has 1 heterocycles. The lowest BCUT2D eigenvalue weighted by molar-refractivity contribution is -0.141. The second kappa shape index (κ2) is 6.55. The molecule has 118 valence electrons. The van der Waals surface area contributed by atoms with Crippen molar-refractivity contribution >= 4 is 29.7 Å². The lowest BCUT2D eigenvalue weighted by Gasteiger charge is -2.35. The zero-order chi connectivity index (χ0) is 15.6. The molecule has 2 atom stereocenters. The van der Waals surface area contributed by atoms with E-state index in [0.717, 1.165) is 25.7 Å². The van der Waals surface area contributed by atoms with Gasteiger partial charge in [-0.15, -0.1) is 11.8 Å². The summed E-state index contributed by atoms with van der Waals surface area (Å²) in [6.07, 6.45) is 3.71. The van der Waals surface area contributed by atoms with E-state index >= 15 is 0 Å². The van der Waals surface area contributed by atoms with Crippen molar-refractivity contribution in [2.75, 3.05) is 12.3 Å². The molecule has 8 heteroatoms. The third-order valence-electron chi connectivity index (χ3n) is 4.07. The smallest absolute Gasteiger partial charge is 0.327 e. The van der Waals surface area contributed by atoms with Gasteiger partial charge in [0.2, 0.25) is 5.91 Å². The second-order valence-electron chi connectivity index (χ2n) is 5.51. The van der Waals surface area contributed by atoms with Gasteiger partial charge in [0.25, 0.3) is 0 Å². The molecule has 0 aromatic rings. The van der Waals surface area contributed by atoms with Crippen LogP contribution < -0.4 is 5.73 Å². The highest BCUT2D eigenvalue weighted by molar-refractivity contribution is 8.00. The van der Waals surface area contributed by atoms with E-state index in [1.807, 2.05) is 6.92 Å². The summed E-state index contributed by atoms with van der Waals surface area (Å²) in [6.45, 7) is 1.66. The van der Waals surface area contributed by atoms with Crippen LogP contribution in [-0.4, -0.2) is 62.6 Å². The fourth-order valence-corrected chi connectivity index (χ4v) is 4.17. The number of hydrogen-bond acceptors (Lipinski definition) is 4. The molecular formula is C13H21N3O4S. The third kappa shape index (κ3) is 3.42. The first-order valence-electron chi connectivity index (χ1n) is 7.13. The van der Waals surface area contributed by atoms with Gasteiger partial charge in [0.15, 0.2) is 0 Å². The number of hydrogen-bond donors (Lipinski definition) is 2. The Hall–Kier alpha value is -1.44. The maximum absolute atomic E-state index is 12.8. The van der Waals surface area contributed by atoms with Gasteiger partial charge in [-0.25, -0.2) is 9.59 Å². The molecular weight excluding hydrogens is 294 g/mol. The molecule has 0 radical (unpaired) electrons. The van der Waals surface area contributed by atoms with E-state index in [1.54, 1.807) is 0 Å². The van der Waals surface area contributed by atoms with Crippen LogP contribution in [0.4, 0.5) is 4.79 Å². The molecule has 7 nitrogen and oxygen atoms in total. The predicted octanol–water partition coefficient (Wildman–Crippen LogP) is 0.684. The van der Waals surface area contributed by atoms with E-state index in [1.165, 1.54) is 21.6 Å². The number of nitrogens with two attached hydrogens (primary N) is 1. The number of thioether (sulfide) groups is 1. The van der Waals surface area contributed by atoms with Crippen LogP contribution in [0, 0.1) is 0 Å². The summed E-state index contributed by atoms with van der Waals surface area (Å²) >= 11 is 1.43. The van der Waals surface area contributed by atoms with Gasteiger partial charge in [-0.1, -0.05) is 12.8 Å². The molecule has 2 aliphatic rings. The molecule has 1 saturated heterocycles. The number of carbonyl (C=O) groups excluding carboxylic acids is 2. The summed E-state index contributed by atoms with van der Waals surface area (Å²) in [6, 6.07) is -1.24. The zero-order valence-electron chi connectivity index (χ0n) is 12.0. The lowest BCUT2D eigenvalue weighted by atomic mass is 10.2. The molecule has 3 amide bonds. The topological polar surface area (TPSA) is 104 Å². The summed E-state index contributed by atoms with van der Waals surface area (Å²) in [7, 11) is 0. The van der Waals surface area contributed by atoms with E-state index < -0.39 is 17.9 Å². The average molecular weight is 315 g/mol. The molecule has 1 aliphatic carbocycles. The number of nitrogens with zero attached hydrogens (tertiary/aromatic N) is 2. The molecule has 0 bridgehead atoms. The number of carboxylic acids is 1. The molecule has 2 unspecified atom stereocenters. The van der Waals surface area contributed by atoms with E-state index in [2.05, 4.69) is 0 Å². The number of rotatable bonds is 4. The molecule has 1 saturated carbocycles. The maximum atomic E-state index is 12.8. The minimum atomic E-state index is -1.01. The number of amides is 3. The molecule has 0 spiro atoms. The molecule has 3 N–H and O–H groups in total. The van der Waals surface area contributed by atoms with Crippen LogP contribution in [0.15, 0.2) is 0 Å². The number of carboxylic acid groups (broad SMARTS) is 1. The van der Waals surface area contributed by atoms with Crippen molar-refractivity contribution in [3.8, 4) is 0 Å². The first-order chi connectivity index (χ1) is 9.91. The summed E-state index contributed by atoms with van der Waals surface area (Å²) in [5.41, 5.74) is 5.25. The second-order valence-corrected chi connectivity index (χ2v) is 6.86. The van der Waals surface area contributed by atoms with Gasteiger partial charge in [0.05, 0.1) is 5.37 Å².